The van der Waals surface area contributed by atoms with Gasteiger partial charge in [0.2, 0.25) is 0 Å². The summed E-state index contributed by atoms with van der Waals surface area (Å²) in [5.74, 6) is 2.61. The van der Waals surface area contributed by atoms with Crippen molar-refractivity contribution in [3.05, 3.63) is 47.0 Å². The molecule has 4 N–H and O–H groups in total. The van der Waals surface area contributed by atoms with Gasteiger partial charge in [0.05, 0.1) is 0 Å². The molecule has 2 rings (SSSR count). The van der Waals surface area contributed by atoms with Crippen LogP contribution in [0.3, 0.4) is 0 Å². The Labute approximate surface area is 250 Å². The molecule has 0 saturated carbocycles. The van der Waals surface area contributed by atoms with E-state index in [-0.39, 0.29) is 45.5 Å². The zero-order chi connectivity index (χ0) is 25.3. The molecule has 2 heterocycles. The largest absolute Gasteiger partial charge is 2.00 e. The number of aromatic nitrogens is 2. The van der Waals surface area contributed by atoms with E-state index in [1.54, 1.807) is 0 Å². The molecule has 7 heteroatoms. The third-order valence-corrected chi connectivity index (χ3v) is 4.47. The molecule has 35 heavy (non-hydrogen) atoms. The first-order chi connectivity index (χ1) is 16.2. The van der Waals surface area contributed by atoms with Crippen molar-refractivity contribution in [1.82, 2.24) is 9.97 Å². The van der Waals surface area contributed by atoms with Gasteiger partial charge in [-0.1, -0.05) is 102 Å². The molecule has 2 aromatic rings. The molecule has 0 aromatic carbocycles. The van der Waals surface area contributed by atoms with Crippen molar-refractivity contribution >= 4 is 70.3 Å². The number of nitrogens with one attached hydrogen (secondary N) is 4. The molecule has 188 valence electrons. The van der Waals surface area contributed by atoms with Gasteiger partial charge in [-0.2, -0.15) is 0 Å². The maximum Gasteiger partial charge on any atom is 2.00 e. The average molecular weight is 556 g/mol. The number of nitrogens with zero attached hydrogens (tertiary/aromatic N) is 2. The van der Waals surface area contributed by atoms with Crippen LogP contribution in [0.25, 0.3) is 0 Å². The van der Waals surface area contributed by atoms with Crippen LogP contribution < -0.4 is 29.9 Å². The Kier molecular flexibility index (Phi) is 19.1. The average Bonchev–Trinajstić information content (AvgIpc) is 3.37. The quantitative estimate of drug-likeness (QED) is 0.173. The van der Waals surface area contributed by atoms with Gasteiger partial charge in [-0.15, -0.1) is 0 Å². The van der Waals surface area contributed by atoms with Crippen LogP contribution in [0.4, 0.5) is 0 Å². The minimum absolute atomic E-state index is 0. The Morgan fingerprint density at radius 1 is 0.486 bits per heavy atom. The summed E-state index contributed by atoms with van der Waals surface area (Å²) in [5, 5.41) is 0. The van der Waals surface area contributed by atoms with E-state index in [4.69, 9.17) is 0 Å². The molecule has 0 bridgehead atoms. The van der Waals surface area contributed by atoms with Gasteiger partial charge >= 0.3 is 45.5 Å². The normalized spacial score (nSPS) is 12.2. The van der Waals surface area contributed by atoms with Gasteiger partial charge in [0, 0.05) is 23.7 Å². The zero-order valence-electron chi connectivity index (χ0n) is 23.4. The van der Waals surface area contributed by atoms with Gasteiger partial charge in [0.1, 0.15) is 51.0 Å². The van der Waals surface area contributed by atoms with Crippen molar-refractivity contribution in [2.75, 3.05) is 26.2 Å². The Hall–Kier alpha value is -1.28. The van der Waals surface area contributed by atoms with Crippen LogP contribution >= 0.6 is 0 Å². The second-order valence-electron chi connectivity index (χ2n) is 10.4. The van der Waals surface area contributed by atoms with Crippen molar-refractivity contribution in [3.63, 3.8) is 0 Å². The second kappa shape index (κ2) is 19.9. The van der Waals surface area contributed by atoms with Crippen LogP contribution in [0.2, 0.25) is 0 Å². The summed E-state index contributed by atoms with van der Waals surface area (Å²) in [5.41, 5.74) is 3.96. The smallest absolute Gasteiger partial charge is 0.648 e. The minimum atomic E-state index is 0. The molecule has 0 aliphatic carbocycles. The first-order valence-electron chi connectivity index (χ1n) is 12.7. The topological polar surface area (TPSA) is 84.1 Å². The van der Waals surface area contributed by atoms with Crippen molar-refractivity contribution in [2.45, 2.75) is 55.4 Å². The van der Waals surface area contributed by atoms with Gasteiger partial charge in [0.15, 0.2) is 0 Å². The van der Waals surface area contributed by atoms with Crippen molar-refractivity contribution in [1.29, 1.82) is 0 Å². The van der Waals surface area contributed by atoms with Crippen LogP contribution in [0.15, 0.2) is 24.3 Å². The van der Waals surface area contributed by atoms with E-state index in [9.17, 15) is 0 Å². The summed E-state index contributed by atoms with van der Waals surface area (Å²) >= 11 is 0. The zero-order valence-corrected chi connectivity index (χ0v) is 26.8. The van der Waals surface area contributed by atoms with Gasteiger partial charge in [-0.25, -0.2) is 20.0 Å². The molecule has 0 radical (unpaired) electrons. The fourth-order valence-electron chi connectivity index (χ4n) is 2.71. The van der Waals surface area contributed by atoms with Crippen molar-refractivity contribution in [3.8, 4) is 0 Å². The number of hydrogen-bond donors (Lipinski definition) is 4. The van der Waals surface area contributed by atoms with Gasteiger partial charge in [0.25, 0.3) is 0 Å². The molecule has 2 aromatic heterocycles. The molecular weight excluding hydrogens is 508 g/mol. The van der Waals surface area contributed by atoms with E-state index in [1.165, 1.54) is 0 Å². The molecule has 0 fully saturated rings. The van der Waals surface area contributed by atoms with E-state index in [2.05, 4.69) is 85.3 Å². The van der Waals surface area contributed by atoms with Crippen LogP contribution in [0.1, 0.15) is 78.2 Å². The van der Waals surface area contributed by atoms with Gasteiger partial charge in [-0.05, 0) is 0 Å². The van der Waals surface area contributed by atoms with Gasteiger partial charge in [-0.3, -0.25) is 0 Å². The summed E-state index contributed by atoms with van der Waals surface area (Å²) in [6.45, 7) is 21.4. The Bertz CT molecular complexity index is 757. The predicted molar refractivity (Wildman–Crippen MR) is 149 cm³/mol. The van der Waals surface area contributed by atoms with E-state index in [0.29, 0.717) is 23.7 Å². The molecule has 0 saturated heterocycles. The van der Waals surface area contributed by atoms with Crippen molar-refractivity contribution < 1.29 is 20.0 Å². The van der Waals surface area contributed by atoms with Gasteiger partial charge < -0.3 is 9.97 Å². The van der Waals surface area contributed by atoms with Crippen LogP contribution in [0.5, 0.6) is 0 Å². The maximum absolute atomic E-state index is 4.47. The standard InChI is InChI=1S/2C14H22N3.Sr/c2*1-11(2)7-15-9-13-5-6-14(17-13)10-16-8-12(3)4;/h2*5-6,9-12H,7-8H2,1-4H3;/q2*-1;+2/p+4. The maximum atomic E-state index is 4.47. The third-order valence-electron chi connectivity index (χ3n) is 4.47. The number of rotatable bonds is 12. The van der Waals surface area contributed by atoms with E-state index < -0.39 is 0 Å². The van der Waals surface area contributed by atoms with E-state index >= 15 is 0 Å². The van der Waals surface area contributed by atoms with Crippen LogP contribution in [0, 0.1) is 23.7 Å². The Morgan fingerprint density at radius 3 is 0.857 bits per heavy atom. The minimum Gasteiger partial charge on any atom is -0.648 e. The fraction of sp³-hybridized carbons (Fsp3) is 0.571. The van der Waals surface area contributed by atoms with Crippen molar-refractivity contribution in [2.24, 2.45) is 23.7 Å². The number of hydrogen-bond acceptors (Lipinski definition) is 0. The summed E-state index contributed by atoms with van der Waals surface area (Å²) in [4.78, 5) is 22.0. The first kappa shape index (κ1) is 33.7. The molecule has 0 unspecified atom stereocenters. The summed E-state index contributed by atoms with van der Waals surface area (Å²) in [6, 6.07) is 8.10. The monoisotopic (exact) mass is 556 g/mol. The molecular formula is C28H48N6Sr+4. The molecule has 0 spiro atoms. The third kappa shape index (κ3) is 18.6. The summed E-state index contributed by atoms with van der Waals surface area (Å²) in [6.07, 6.45) is 7.89. The van der Waals surface area contributed by atoms with E-state index in [0.717, 1.165) is 49.0 Å². The summed E-state index contributed by atoms with van der Waals surface area (Å²) in [7, 11) is 0. The van der Waals surface area contributed by atoms with E-state index in [1.807, 2.05) is 49.1 Å². The Balaban J connectivity index is 0.000000642. The SMILES string of the molecule is CC(C)C[NH+]=Cc1ccc(C=[NH+]CC(C)C)[n-]1.CC(C)C[NH+]=Cc1ccc(C=[NH+]CC(C)C)[n-]1.[Sr+2]. The second-order valence-corrected chi connectivity index (χ2v) is 10.4. The molecule has 6 nitrogen and oxygen atoms in total. The summed E-state index contributed by atoms with van der Waals surface area (Å²) < 4.78 is 0. The molecule has 0 amide bonds. The van der Waals surface area contributed by atoms with Crippen LogP contribution in [-0.4, -0.2) is 96.5 Å². The van der Waals surface area contributed by atoms with Crippen LogP contribution in [-0.2, 0) is 0 Å². The molecule has 0 aliphatic rings. The first-order valence-corrected chi connectivity index (χ1v) is 12.7. The Morgan fingerprint density at radius 2 is 0.686 bits per heavy atom. The fourth-order valence-corrected chi connectivity index (χ4v) is 2.71. The molecule has 0 atom stereocenters. The molecule has 0 aliphatic heterocycles. The predicted octanol–water partition coefficient (Wildman–Crippen LogP) is -2.47.